The van der Waals surface area contributed by atoms with Gasteiger partial charge in [0.15, 0.2) is 6.23 Å². The molecule has 24 heavy (non-hydrogen) atoms. The molecule has 1 fully saturated rings. The number of nitrogens with one attached hydrogen (secondary N) is 1. The third-order valence-electron chi connectivity index (χ3n) is 4.54. The zero-order valence-corrected chi connectivity index (χ0v) is 13.3. The standard InChI is InChI=1S/C15H19N5O4/c1-7-18-12-10-8(16-3-4-17-12)5-20(13(10)19-7)14-15(2,23)11(22)9(6-21)24-14/h3,5,9,11,14,21-23H,4,6H2,1-2H3,(H,17,18,19)/t9-,11-,14?,15-/m1/s1. The Balaban J connectivity index is 1.93. The molecule has 0 spiro atoms. The molecule has 0 aromatic carbocycles. The second-order valence-corrected chi connectivity index (χ2v) is 6.31. The second kappa shape index (κ2) is 5.21. The molecule has 4 heterocycles. The van der Waals surface area contributed by atoms with Crippen molar-refractivity contribution < 1.29 is 20.1 Å². The minimum Gasteiger partial charge on any atom is -0.394 e. The van der Waals surface area contributed by atoms with Crippen molar-refractivity contribution >= 4 is 28.8 Å². The Morgan fingerprint density at radius 3 is 2.96 bits per heavy atom. The van der Waals surface area contributed by atoms with Gasteiger partial charge < -0.3 is 29.9 Å². The van der Waals surface area contributed by atoms with Gasteiger partial charge in [0.2, 0.25) is 0 Å². The summed E-state index contributed by atoms with van der Waals surface area (Å²) >= 11 is 0. The molecular weight excluding hydrogens is 314 g/mol. The van der Waals surface area contributed by atoms with E-state index in [4.69, 9.17) is 4.74 Å². The number of aliphatic imine (C=N–C) groups is 1. The number of aryl methyl sites for hydroxylation is 1. The fraction of sp³-hybridized carbons (Fsp3) is 0.533. The summed E-state index contributed by atoms with van der Waals surface area (Å²) in [7, 11) is 0. The molecule has 0 amide bonds. The zero-order chi connectivity index (χ0) is 17.1. The van der Waals surface area contributed by atoms with Crippen LogP contribution >= 0.6 is 0 Å². The lowest BCUT2D eigenvalue weighted by molar-refractivity contribution is -0.0948. The molecule has 4 rings (SSSR count). The van der Waals surface area contributed by atoms with Crippen LogP contribution in [0.1, 0.15) is 19.0 Å². The lowest BCUT2D eigenvalue weighted by atomic mass is 9.96. The smallest absolute Gasteiger partial charge is 0.167 e. The Hall–Kier alpha value is -2.07. The van der Waals surface area contributed by atoms with Crippen molar-refractivity contribution in [3.05, 3.63) is 12.0 Å². The molecule has 2 aliphatic rings. The summed E-state index contributed by atoms with van der Waals surface area (Å²) in [5.41, 5.74) is -0.377. The third-order valence-corrected chi connectivity index (χ3v) is 4.54. The molecule has 0 bridgehead atoms. The van der Waals surface area contributed by atoms with Crippen molar-refractivity contribution in [2.75, 3.05) is 18.5 Å². The lowest BCUT2D eigenvalue weighted by Crippen LogP contribution is -2.44. The van der Waals surface area contributed by atoms with Crippen molar-refractivity contribution in [3.63, 3.8) is 0 Å². The molecule has 128 valence electrons. The highest BCUT2D eigenvalue weighted by molar-refractivity contribution is 6.00. The van der Waals surface area contributed by atoms with Gasteiger partial charge in [0, 0.05) is 12.4 Å². The first kappa shape index (κ1) is 15.5. The number of aliphatic hydroxyl groups excluding tert-OH is 2. The van der Waals surface area contributed by atoms with Crippen LogP contribution in [0.5, 0.6) is 0 Å². The van der Waals surface area contributed by atoms with E-state index in [2.05, 4.69) is 20.3 Å². The van der Waals surface area contributed by atoms with Crippen LogP contribution in [0.15, 0.2) is 11.2 Å². The van der Waals surface area contributed by atoms with Gasteiger partial charge >= 0.3 is 0 Å². The van der Waals surface area contributed by atoms with Crippen molar-refractivity contribution in [1.29, 1.82) is 0 Å². The number of hydrogen-bond acceptors (Lipinski definition) is 8. The Morgan fingerprint density at radius 1 is 1.46 bits per heavy atom. The molecule has 2 aromatic rings. The minimum atomic E-state index is -1.59. The van der Waals surface area contributed by atoms with E-state index in [0.717, 1.165) is 5.39 Å². The average Bonchev–Trinajstić information content (AvgIpc) is 2.89. The Bertz CT molecular complexity index is 831. The normalized spacial score (nSPS) is 32.1. The van der Waals surface area contributed by atoms with Gasteiger partial charge in [0.25, 0.3) is 0 Å². The number of nitrogens with zero attached hydrogens (tertiary/aromatic N) is 4. The molecule has 2 aromatic heterocycles. The molecule has 4 N–H and O–H groups in total. The third kappa shape index (κ3) is 2.06. The molecule has 0 radical (unpaired) electrons. The van der Waals surface area contributed by atoms with E-state index in [1.165, 1.54) is 6.92 Å². The maximum atomic E-state index is 10.7. The number of rotatable bonds is 2. The molecule has 9 nitrogen and oxygen atoms in total. The highest BCUT2D eigenvalue weighted by Crippen LogP contribution is 2.43. The highest BCUT2D eigenvalue weighted by atomic mass is 16.6. The SMILES string of the molecule is Cc1nc2c3c(cn(C4O[C@H](CO)[C@@H](O)[C@@]4(C)O)c3n1)N=CCN2. The van der Waals surface area contributed by atoms with Crippen molar-refractivity contribution in [2.45, 2.75) is 37.9 Å². The van der Waals surface area contributed by atoms with Crippen molar-refractivity contribution in [1.82, 2.24) is 14.5 Å². The van der Waals surface area contributed by atoms with E-state index in [-0.39, 0.29) is 0 Å². The van der Waals surface area contributed by atoms with Gasteiger partial charge in [0.05, 0.1) is 24.2 Å². The molecule has 9 heteroatoms. The van der Waals surface area contributed by atoms with Crippen molar-refractivity contribution in [2.24, 2.45) is 4.99 Å². The van der Waals surface area contributed by atoms with Gasteiger partial charge in [0.1, 0.15) is 35.1 Å². The number of aliphatic hydroxyl groups is 3. The summed E-state index contributed by atoms with van der Waals surface area (Å²) in [6.07, 6.45) is 0.456. The van der Waals surface area contributed by atoms with Gasteiger partial charge in [-0.2, -0.15) is 0 Å². The topological polar surface area (TPSA) is 125 Å². The monoisotopic (exact) mass is 333 g/mol. The van der Waals surface area contributed by atoms with Crippen LogP contribution in [0.3, 0.4) is 0 Å². The quantitative estimate of drug-likeness (QED) is 0.603. The van der Waals surface area contributed by atoms with Gasteiger partial charge in [-0.25, -0.2) is 9.97 Å². The van der Waals surface area contributed by atoms with Gasteiger partial charge in [-0.15, -0.1) is 0 Å². The summed E-state index contributed by atoms with van der Waals surface area (Å²) in [4.78, 5) is 13.3. The van der Waals surface area contributed by atoms with Gasteiger partial charge in [-0.3, -0.25) is 4.99 Å². The van der Waals surface area contributed by atoms with E-state index >= 15 is 0 Å². The number of aromatic nitrogens is 3. The summed E-state index contributed by atoms with van der Waals surface area (Å²) in [5, 5.41) is 34.2. The van der Waals surface area contributed by atoms with E-state index < -0.39 is 30.6 Å². The predicted molar refractivity (Wildman–Crippen MR) is 86.5 cm³/mol. The van der Waals surface area contributed by atoms with Gasteiger partial charge in [-0.05, 0) is 13.8 Å². The molecular formula is C15H19N5O4. The average molecular weight is 333 g/mol. The van der Waals surface area contributed by atoms with Crippen LogP contribution in [0.2, 0.25) is 0 Å². The molecule has 2 aliphatic heterocycles. The van der Waals surface area contributed by atoms with Crippen molar-refractivity contribution in [3.8, 4) is 0 Å². The summed E-state index contributed by atoms with van der Waals surface area (Å²) < 4.78 is 7.35. The fourth-order valence-corrected chi connectivity index (χ4v) is 3.32. The minimum absolute atomic E-state index is 0.390. The largest absolute Gasteiger partial charge is 0.394 e. The van der Waals surface area contributed by atoms with E-state index in [1.807, 2.05) is 0 Å². The number of ether oxygens (including phenoxy) is 1. The van der Waals surface area contributed by atoms with E-state index in [9.17, 15) is 15.3 Å². The number of anilines is 1. The second-order valence-electron chi connectivity index (χ2n) is 6.31. The first-order valence-electron chi connectivity index (χ1n) is 7.76. The maximum absolute atomic E-state index is 10.7. The van der Waals surface area contributed by atoms with E-state index in [0.29, 0.717) is 29.5 Å². The van der Waals surface area contributed by atoms with Gasteiger partial charge in [-0.1, -0.05) is 0 Å². The molecule has 1 saturated heterocycles. The molecule has 4 atom stereocenters. The maximum Gasteiger partial charge on any atom is 0.167 e. The Morgan fingerprint density at radius 2 is 2.25 bits per heavy atom. The lowest BCUT2D eigenvalue weighted by Gasteiger charge is -2.27. The zero-order valence-electron chi connectivity index (χ0n) is 13.3. The van der Waals surface area contributed by atoms with Crippen LogP contribution in [0.4, 0.5) is 11.5 Å². The Labute approximate surface area is 137 Å². The van der Waals surface area contributed by atoms with Crippen LogP contribution < -0.4 is 5.32 Å². The Kier molecular flexibility index (Phi) is 3.36. The predicted octanol–water partition coefficient (Wildman–Crippen LogP) is -0.131. The highest BCUT2D eigenvalue weighted by Gasteiger charge is 2.53. The number of hydrogen-bond donors (Lipinski definition) is 4. The molecule has 1 unspecified atom stereocenters. The first-order valence-corrected chi connectivity index (χ1v) is 7.76. The molecule has 0 saturated carbocycles. The van der Waals surface area contributed by atoms with Crippen LogP contribution in [0.25, 0.3) is 11.0 Å². The van der Waals surface area contributed by atoms with Crippen LogP contribution in [-0.4, -0.2) is 67.0 Å². The molecule has 0 aliphatic carbocycles. The first-order chi connectivity index (χ1) is 11.4. The van der Waals surface area contributed by atoms with E-state index in [1.54, 1.807) is 23.9 Å². The summed E-state index contributed by atoms with van der Waals surface area (Å²) in [6.45, 7) is 3.42. The fourth-order valence-electron chi connectivity index (χ4n) is 3.32. The summed E-state index contributed by atoms with van der Waals surface area (Å²) in [5.74, 6) is 1.23. The van der Waals surface area contributed by atoms with Crippen LogP contribution in [-0.2, 0) is 4.74 Å². The van der Waals surface area contributed by atoms with Crippen LogP contribution in [0, 0.1) is 6.92 Å². The summed E-state index contributed by atoms with van der Waals surface area (Å²) in [6, 6.07) is 0.